The van der Waals surface area contributed by atoms with Crippen molar-refractivity contribution in [3.63, 3.8) is 0 Å². The van der Waals surface area contributed by atoms with Crippen molar-refractivity contribution in [3.8, 4) is 0 Å². The second-order valence-electron chi connectivity index (χ2n) is 4.24. The SMILES string of the molecule is CC(C)C(N)=CC(=O)c1ccc(C(F)(F)F)cc1. The highest BCUT2D eigenvalue weighted by atomic mass is 19.4. The van der Waals surface area contributed by atoms with Crippen LogP contribution in [-0.4, -0.2) is 5.78 Å². The first kappa shape index (κ1) is 14.3. The van der Waals surface area contributed by atoms with Gasteiger partial charge in [0.05, 0.1) is 5.56 Å². The van der Waals surface area contributed by atoms with Crippen LogP contribution in [-0.2, 0) is 6.18 Å². The van der Waals surface area contributed by atoms with Crippen LogP contribution in [0.25, 0.3) is 0 Å². The Balaban J connectivity index is 2.93. The zero-order valence-electron chi connectivity index (χ0n) is 10.1. The molecule has 5 heteroatoms. The number of alkyl halides is 3. The van der Waals surface area contributed by atoms with Gasteiger partial charge < -0.3 is 5.73 Å². The highest BCUT2D eigenvalue weighted by molar-refractivity contribution is 6.04. The maximum atomic E-state index is 12.3. The maximum absolute atomic E-state index is 12.3. The van der Waals surface area contributed by atoms with E-state index < -0.39 is 17.5 Å². The number of hydrogen-bond donors (Lipinski definition) is 1. The van der Waals surface area contributed by atoms with Crippen molar-refractivity contribution in [1.82, 2.24) is 0 Å². The predicted octanol–water partition coefficient (Wildman–Crippen LogP) is 3.39. The van der Waals surface area contributed by atoms with Gasteiger partial charge in [-0.15, -0.1) is 0 Å². The summed E-state index contributed by atoms with van der Waals surface area (Å²) in [5.41, 5.74) is 5.43. The van der Waals surface area contributed by atoms with Gasteiger partial charge in [-0.2, -0.15) is 13.2 Å². The monoisotopic (exact) mass is 257 g/mol. The van der Waals surface area contributed by atoms with Crippen LogP contribution in [0.3, 0.4) is 0 Å². The van der Waals surface area contributed by atoms with E-state index in [-0.39, 0.29) is 11.5 Å². The van der Waals surface area contributed by atoms with E-state index in [1.165, 1.54) is 6.08 Å². The number of halogens is 3. The van der Waals surface area contributed by atoms with Crippen LogP contribution in [0.5, 0.6) is 0 Å². The quantitative estimate of drug-likeness (QED) is 0.666. The Bertz CT molecular complexity index is 458. The van der Waals surface area contributed by atoms with E-state index in [1.54, 1.807) is 0 Å². The standard InChI is InChI=1S/C13H14F3NO/c1-8(2)11(17)7-12(18)9-3-5-10(6-4-9)13(14,15)16/h3-8H,17H2,1-2H3. The van der Waals surface area contributed by atoms with Gasteiger partial charge in [-0.05, 0) is 18.1 Å². The van der Waals surface area contributed by atoms with Crippen molar-refractivity contribution < 1.29 is 18.0 Å². The van der Waals surface area contributed by atoms with Gasteiger partial charge in [-0.3, -0.25) is 4.79 Å². The number of nitrogens with two attached hydrogens (primary N) is 1. The molecular formula is C13H14F3NO. The average molecular weight is 257 g/mol. The second kappa shape index (κ2) is 5.25. The topological polar surface area (TPSA) is 43.1 Å². The highest BCUT2D eigenvalue weighted by Gasteiger charge is 2.30. The molecule has 0 fully saturated rings. The number of carbonyl (C=O) groups is 1. The molecule has 0 unspecified atom stereocenters. The largest absolute Gasteiger partial charge is 0.416 e. The van der Waals surface area contributed by atoms with E-state index in [2.05, 4.69) is 0 Å². The Morgan fingerprint density at radius 2 is 1.72 bits per heavy atom. The van der Waals surface area contributed by atoms with Crippen LogP contribution >= 0.6 is 0 Å². The number of ketones is 1. The summed E-state index contributed by atoms with van der Waals surface area (Å²) >= 11 is 0. The molecule has 0 aliphatic rings. The Kier molecular flexibility index (Phi) is 4.16. The number of carbonyl (C=O) groups excluding carboxylic acids is 1. The molecule has 0 aromatic heterocycles. The maximum Gasteiger partial charge on any atom is 0.416 e. The van der Waals surface area contributed by atoms with E-state index in [9.17, 15) is 18.0 Å². The molecule has 0 bridgehead atoms. The molecule has 0 aliphatic carbocycles. The number of rotatable bonds is 3. The number of benzene rings is 1. The molecule has 0 spiro atoms. The van der Waals surface area contributed by atoms with E-state index >= 15 is 0 Å². The normalized spacial score (nSPS) is 12.9. The first-order valence-corrected chi connectivity index (χ1v) is 5.40. The Morgan fingerprint density at radius 3 is 2.11 bits per heavy atom. The van der Waals surface area contributed by atoms with E-state index in [1.807, 2.05) is 13.8 Å². The first-order valence-electron chi connectivity index (χ1n) is 5.40. The average Bonchev–Trinajstić information content (AvgIpc) is 2.27. The second-order valence-corrected chi connectivity index (χ2v) is 4.24. The summed E-state index contributed by atoms with van der Waals surface area (Å²) in [6, 6.07) is 4.06. The predicted molar refractivity (Wildman–Crippen MR) is 62.9 cm³/mol. The zero-order chi connectivity index (χ0) is 13.9. The minimum Gasteiger partial charge on any atom is -0.402 e. The van der Waals surface area contributed by atoms with Crippen molar-refractivity contribution in [3.05, 3.63) is 47.2 Å². The van der Waals surface area contributed by atoms with Crippen molar-refractivity contribution in [1.29, 1.82) is 0 Å². The summed E-state index contributed by atoms with van der Waals surface area (Å²) in [5.74, 6) is -0.377. The number of hydrogen-bond acceptors (Lipinski definition) is 2. The summed E-state index contributed by atoms with van der Waals surface area (Å²) < 4.78 is 37.0. The van der Waals surface area contributed by atoms with Crippen LogP contribution < -0.4 is 5.73 Å². The fraction of sp³-hybridized carbons (Fsp3) is 0.308. The lowest BCUT2D eigenvalue weighted by atomic mass is 10.0. The van der Waals surface area contributed by atoms with Crippen LogP contribution in [0.15, 0.2) is 36.0 Å². The fourth-order valence-electron chi connectivity index (χ4n) is 1.22. The van der Waals surface area contributed by atoms with Crippen LogP contribution in [0.2, 0.25) is 0 Å². The van der Waals surface area contributed by atoms with Gasteiger partial charge in [0.25, 0.3) is 0 Å². The summed E-state index contributed by atoms with van der Waals surface area (Å²) in [6.07, 6.45) is -3.15. The van der Waals surface area contributed by atoms with Gasteiger partial charge in [0.2, 0.25) is 0 Å². The van der Waals surface area contributed by atoms with Crippen molar-refractivity contribution >= 4 is 5.78 Å². The smallest absolute Gasteiger partial charge is 0.402 e. The lowest BCUT2D eigenvalue weighted by molar-refractivity contribution is -0.137. The molecule has 0 amide bonds. The van der Waals surface area contributed by atoms with Gasteiger partial charge in [0.1, 0.15) is 0 Å². The number of allylic oxidation sites excluding steroid dienone is 2. The highest BCUT2D eigenvalue weighted by Crippen LogP contribution is 2.29. The molecule has 0 heterocycles. The van der Waals surface area contributed by atoms with Crippen molar-refractivity contribution in [2.75, 3.05) is 0 Å². The third-order valence-electron chi connectivity index (χ3n) is 2.46. The van der Waals surface area contributed by atoms with Gasteiger partial charge in [0.15, 0.2) is 5.78 Å². The molecule has 2 N–H and O–H groups in total. The van der Waals surface area contributed by atoms with Crippen LogP contribution in [0.4, 0.5) is 13.2 Å². The van der Waals surface area contributed by atoms with Gasteiger partial charge >= 0.3 is 6.18 Å². The lowest BCUT2D eigenvalue weighted by Gasteiger charge is -2.07. The van der Waals surface area contributed by atoms with Crippen LogP contribution in [0.1, 0.15) is 29.8 Å². The molecule has 0 saturated carbocycles. The Labute approximate surface area is 103 Å². The van der Waals surface area contributed by atoms with E-state index in [0.717, 1.165) is 24.3 Å². The van der Waals surface area contributed by atoms with Crippen LogP contribution in [0, 0.1) is 5.92 Å². The molecule has 0 saturated heterocycles. The minimum atomic E-state index is -4.39. The first-order chi connectivity index (χ1) is 8.21. The summed E-state index contributed by atoms with van der Waals surface area (Å²) in [4.78, 5) is 11.7. The summed E-state index contributed by atoms with van der Waals surface area (Å²) in [6.45, 7) is 3.65. The minimum absolute atomic E-state index is 0.0170. The van der Waals surface area contributed by atoms with Gasteiger partial charge in [0, 0.05) is 17.3 Å². The van der Waals surface area contributed by atoms with E-state index in [0.29, 0.717) is 5.70 Å². The molecule has 0 aliphatic heterocycles. The molecule has 1 aromatic rings. The molecule has 18 heavy (non-hydrogen) atoms. The molecule has 1 rings (SSSR count). The van der Waals surface area contributed by atoms with Crippen molar-refractivity contribution in [2.45, 2.75) is 20.0 Å². The van der Waals surface area contributed by atoms with Gasteiger partial charge in [-0.1, -0.05) is 26.0 Å². The summed E-state index contributed by atoms with van der Waals surface area (Å²) in [7, 11) is 0. The Hall–Kier alpha value is -1.78. The van der Waals surface area contributed by atoms with Gasteiger partial charge in [-0.25, -0.2) is 0 Å². The third kappa shape index (κ3) is 3.61. The molecular weight excluding hydrogens is 243 g/mol. The summed E-state index contributed by atoms with van der Waals surface area (Å²) in [5, 5.41) is 0. The molecule has 98 valence electrons. The third-order valence-corrected chi connectivity index (χ3v) is 2.46. The zero-order valence-corrected chi connectivity index (χ0v) is 10.1. The lowest BCUT2D eigenvalue weighted by Crippen LogP contribution is -2.09. The molecule has 2 nitrogen and oxygen atoms in total. The molecule has 0 atom stereocenters. The van der Waals surface area contributed by atoms with Crippen molar-refractivity contribution in [2.24, 2.45) is 11.7 Å². The fourth-order valence-corrected chi connectivity index (χ4v) is 1.22. The molecule has 0 radical (unpaired) electrons. The molecule has 1 aromatic carbocycles. The Morgan fingerprint density at radius 1 is 1.22 bits per heavy atom. The van der Waals surface area contributed by atoms with E-state index in [4.69, 9.17) is 5.73 Å².